The Bertz CT molecular complexity index is 1970. The molecule has 0 radical (unpaired) electrons. The van der Waals surface area contributed by atoms with E-state index in [2.05, 4.69) is 9.29 Å². The topological polar surface area (TPSA) is 138 Å². The van der Waals surface area contributed by atoms with Gasteiger partial charge in [-0.2, -0.15) is 0 Å². The maximum atomic E-state index is 14.4. The molecule has 2 N–H and O–H groups in total. The fourth-order valence-corrected chi connectivity index (χ4v) is 9.60. The van der Waals surface area contributed by atoms with Gasteiger partial charge < -0.3 is 24.2 Å². The standard InChI is InChI=1S/C35H38N4O7S/c1-46-26-8-12-28-22(14-26)13-23(34(41)37-18-25-16-24(37)19-38(25)35(42)43)17-39-30-15-21(33(40)36-47(44,45)27-9-10-27)7-11-29(30)31(32(28)39)20-5-3-2-4-6-20/h7-8,11-15,20,24-25,27H,2-6,9-10,16-19H2,1H3,(H,36,40)(H,42,43). The molecule has 8 rings (SSSR count). The van der Waals surface area contributed by atoms with E-state index in [0.717, 1.165) is 53.4 Å². The number of likely N-dealkylation sites (tertiary alicyclic amines) is 2. The zero-order chi connectivity index (χ0) is 32.6. The van der Waals surface area contributed by atoms with Crippen molar-refractivity contribution in [3.05, 3.63) is 58.7 Å². The molecule has 4 heterocycles. The van der Waals surface area contributed by atoms with Crippen LogP contribution in [0.1, 0.15) is 78.8 Å². The van der Waals surface area contributed by atoms with Gasteiger partial charge in [0.1, 0.15) is 5.75 Å². The van der Waals surface area contributed by atoms with Crippen molar-refractivity contribution in [2.75, 3.05) is 20.2 Å². The molecule has 4 fully saturated rings. The number of carboxylic acid groups (broad SMARTS) is 1. The number of rotatable bonds is 6. The van der Waals surface area contributed by atoms with Gasteiger partial charge in [-0.25, -0.2) is 17.9 Å². The van der Waals surface area contributed by atoms with Crippen molar-refractivity contribution in [3.8, 4) is 17.0 Å². The van der Waals surface area contributed by atoms with Gasteiger partial charge in [0.25, 0.3) is 11.8 Å². The molecule has 2 bridgehead atoms. The van der Waals surface area contributed by atoms with Gasteiger partial charge in [0.05, 0.1) is 36.7 Å². The number of aromatic nitrogens is 1. The molecule has 2 aliphatic carbocycles. The molecule has 2 saturated carbocycles. The van der Waals surface area contributed by atoms with Crippen LogP contribution in [0.4, 0.5) is 4.79 Å². The first-order valence-electron chi connectivity index (χ1n) is 16.5. The number of sulfonamides is 1. The number of methoxy groups -OCH3 is 1. The monoisotopic (exact) mass is 658 g/mol. The van der Waals surface area contributed by atoms with Crippen molar-refractivity contribution in [2.45, 2.75) is 81.2 Å². The van der Waals surface area contributed by atoms with E-state index in [1.807, 2.05) is 35.2 Å². The van der Waals surface area contributed by atoms with E-state index < -0.39 is 27.3 Å². The first-order chi connectivity index (χ1) is 22.6. The molecule has 47 heavy (non-hydrogen) atoms. The number of amides is 3. The van der Waals surface area contributed by atoms with E-state index in [1.54, 1.807) is 19.2 Å². The highest BCUT2D eigenvalue weighted by Crippen LogP contribution is 2.47. The van der Waals surface area contributed by atoms with Crippen LogP contribution in [-0.2, 0) is 21.4 Å². The van der Waals surface area contributed by atoms with Gasteiger partial charge in [-0.15, -0.1) is 0 Å². The van der Waals surface area contributed by atoms with Crippen molar-refractivity contribution in [3.63, 3.8) is 0 Å². The van der Waals surface area contributed by atoms with E-state index in [-0.39, 0.29) is 30.1 Å². The summed E-state index contributed by atoms with van der Waals surface area (Å²) in [5, 5.41) is 10.1. The summed E-state index contributed by atoms with van der Waals surface area (Å²) in [6.07, 6.45) is 8.23. The third kappa shape index (κ3) is 5.08. The lowest BCUT2D eigenvalue weighted by atomic mass is 9.81. The lowest BCUT2D eigenvalue weighted by Crippen LogP contribution is -2.50. The lowest BCUT2D eigenvalue weighted by molar-refractivity contribution is -0.129. The van der Waals surface area contributed by atoms with E-state index in [1.165, 1.54) is 16.9 Å². The zero-order valence-corrected chi connectivity index (χ0v) is 27.1. The van der Waals surface area contributed by atoms with Gasteiger partial charge >= 0.3 is 6.09 Å². The normalized spacial score (nSPS) is 22.4. The summed E-state index contributed by atoms with van der Waals surface area (Å²) in [5.74, 6) is 0.176. The second-order valence-electron chi connectivity index (χ2n) is 13.6. The molecule has 246 valence electrons. The number of nitrogens with zero attached hydrogens (tertiary/aromatic N) is 3. The minimum atomic E-state index is -3.73. The highest BCUT2D eigenvalue weighted by atomic mass is 32.2. The zero-order valence-electron chi connectivity index (χ0n) is 26.3. The minimum Gasteiger partial charge on any atom is -0.497 e. The van der Waals surface area contributed by atoms with E-state index in [9.17, 15) is 27.9 Å². The summed E-state index contributed by atoms with van der Waals surface area (Å²) in [6.45, 7) is 0.899. The predicted octanol–water partition coefficient (Wildman–Crippen LogP) is 4.95. The van der Waals surface area contributed by atoms with Crippen LogP contribution in [0.5, 0.6) is 5.75 Å². The van der Waals surface area contributed by atoms with Gasteiger partial charge in [-0.05, 0) is 85.6 Å². The van der Waals surface area contributed by atoms with Crippen LogP contribution in [-0.4, -0.2) is 83.3 Å². The molecular weight excluding hydrogens is 620 g/mol. The summed E-state index contributed by atoms with van der Waals surface area (Å²) in [5.41, 5.74) is 5.61. The average Bonchev–Trinajstić information content (AvgIpc) is 3.69. The lowest BCUT2D eigenvalue weighted by Gasteiger charge is -2.33. The molecule has 0 spiro atoms. The Labute approximate surface area is 273 Å². The van der Waals surface area contributed by atoms with Gasteiger partial charge in [-0.3, -0.25) is 9.59 Å². The van der Waals surface area contributed by atoms with Crippen molar-refractivity contribution < 1.29 is 32.6 Å². The fraction of sp³-hybridized carbons (Fsp3) is 0.457. The SMILES string of the molecule is COc1ccc2c(c1)C=C(C(=O)N1CC3CC1CN3C(=O)O)Cn1c-2c(C2CCCCC2)c2ccc(C(=O)NS(=O)(=O)C3CC3)cc21. The first-order valence-corrected chi connectivity index (χ1v) is 18.1. The van der Waals surface area contributed by atoms with Gasteiger partial charge in [-0.1, -0.05) is 25.3 Å². The summed E-state index contributed by atoms with van der Waals surface area (Å²) >= 11 is 0. The number of carbonyl (C=O) groups is 3. The Morgan fingerprint density at radius 2 is 1.68 bits per heavy atom. The quantitative estimate of drug-likeness (QED) is 0.383. The second-order valence-corrected chi connectivity index (χ2v) is 15.6. The van der Waals surface area contributed by atoms with Crippen LogP contribution in [0.15, 0.2) is 42.0 Å². The van der Waals surface area contributed by atoms with E-state index in [0.29, 0.717) is 49.6 Å². The Hall–Kier alpha value is -4.32. The third-order valence-corrected chi connectivity index (χ3v) is 12.6. The third-order valence-electron chi connectivity index (χ3n) is 10.8. The summed E-state index contributed by atoms with van der Waals surface area (Å²) in [7, 11) is -2.12. The van der Waals surface area contributed by atoms with Crippen LogP contribution in [0, 0.1) is 0 Å². The van der Waals surface area contributed by atoms with Crippen LogP contribution in [0.25, 0.3) is 28.2 Å². The molecule has 11 nitrogen and oxygen atoms in total. The smallest absolute Gasteiger partial charge is 0.407 e. The van der Waals surface area contributed by atoms with Crippen LogP contribution < -0.4 is 9.46 Å². The first kappa shape index (κ1) is 30.0. The Morgan fingerprint density at radius 1 is 0.936 bits per heavy atom. The molecule has 12 heteroatoms. The van der Waals surface area contributed by atoms with E-state index in [4.69, 9.17) is 4.74 Å². The second kappa shape index (κ2) is 11.1. The number of carbonyl (C=O) groups excluding carboxylic acids is 2. The molecule has 3 aromatic rings. The van der Waals surface area contributed by atoms with Crippen molar-refractivity contribution in [1.82, 2.24) is 19.1 Å². The maximum Gasteiger partial charge on any atom is 0.407 e. The number of nitrogens with one attached hydrogen (secondary N) is 1. The molecule has 2 aromatic carbocycles. The summed E-state index contributed by atoms with van der Waals surface area (Å²) < 4.78 is 35.3. The fourth-order valence-electron chi connectivity index (χ4n) is 8.30. The summed E-state index contributed by atoms with van der Waals surface area (Å²) in [4.78, 5) is 42.6. The Kier molecular flexibility index (Phi) is 7.12. The van der Waals surface area contributed by atoms with Crippen LogP contribution in [0.2, 0.25) is 0 Å². The molecule has 2 atom stereocenters. The van der Waals surface area contributed by atoms with Gasteiger partial charge in [0.2, 0.25) is 10.0 Å². The van der Waals surface area contributed by atoms with Gasteiger partial charge in [0.15, 0.2) is 0 Å². The number of benzene rings is 2. The number of piperazine rings is 1. The number of fused-ring (bicyclic) bond motifs is 7. The number of hydrogen-bond acceptors (Lipinski definition) is 6. The summed E-state index contributed by atoms with van der Waals surface area (Å²) in [6, 6.07) is 10.9. The number of hydrogen-bond donors (Lipinski definition) is 2. The van der Waals surface area contributed by atoms with Crippen molar-refractivity contribution >= 4 is 44.9 Å². The molecule has 5 aliphatic rings. The number of ether oxygens (including phenoxy) is 1. The van der Waals surface area contributed by atoms with Crippen LogP contribution in [0.3, 0.4) is 0 Å². The largest absolute Gasteiger partial charge is 0.497 e. The molecule has 2 saturated heterocycles. The van der Waals surface area contributed by atoms with Crippen LogP contribution >= 0.6 is 0 Å². The Morgan fingerprint density at radius 3 is 2.36 bits per heavy atom. The highest BCUT2D eigenvalue weighted by Gasteiger charge is 2.48. The Balaban J connectivity index is 1.27. The van der Waals surface area contributed by atoms with E-state index >= 15 is 0 Å². The maximum absolute atomic E-state index is 14.4. The molecular formula is C35H38N4O7S. The molecule has 3 aliphatic heterocycles. The van der Waals surface area contributed by atoms with Crippen molar-refractivity contribution in [1.29, 1.82) is 0 Å². The molecule has 2 unspecified atom stereocenters. The minimum absolute atomic E-state index is 0.130. The molecule has 3 amide bonds. The average molecular weight is 659 g/mol. The molecule has 1 aromatic heterocycles. The van der Waals surface area contributed by atoms with Gasteiger partial charge in [0, 0.05) is 40.7 Å². The highest BCUT2D eigenvalue weighted by molar-refractivity contribution is 7.91. The van der Waals surface area contributed by atoms with Crippen molar-refractivity contribution in [2.24, 2.45) is 0 Å². The predicted molar refractivity (Wildman–Crippen MR) is 176 cm³/mol.